The van der Waals surface area contributed by atoms with Crippen LogP contribution in [0.4, 0.5) is 5.69 Å². The summed E-state index contributed by atoms with van der Waals surface area (Å²) >= 11 is 7.43. The third-order valence-corrected chi connectivity index (χ3v) is 4.93. The van der Waals surface area contributed by atoms with Crippen molar-refractivity contribution in [3.05, 3.63) is 72.3 Å². The third-order valence-electron chi connectivity index (χ3n) is 3.73. The van der Waals surface area contributed by atoms with Crippen LogP contribution in [0.15, 0.2) is 72.4 Å². The topological polar surface area (TPSA) is 59.8 Å². The van der Waals surface area contributed by atoms with Crippen LogP contribution in [0, 0.1) is 0 Å². The molecule has 0 fully saturated rings. The molecule has 1 N–H and O–H groups in total. The van der Waals surface area contributed by atoms with Gasteiger partial charge in [0.1, 0.15) is 0 Å². The van der Waals surface area contributed by atoms with Crippen LogP contribution in [0.2, 0.25) is 5.02 Å². The molecular weight excluding hydrogens is 380 g/mol. The lowest BCUT2D eigenvalue weighted by atomic mass is 10.2. The van der Waals surface area contributed by atoms with Gasteiger partial charge in [-0.2, -0.15) is 0 Å². The van der Waals surface area contributed by atoms with Crippen molar-refractivity contribution in [2.24, 2.45) is 0 Å². The van der Waals surface area contributed by atoms with E-state index in [1.54, 1.807) is 18.2 Å². The van der Waals surface area contributed by atoms with E-state index in [9.17, 15) is 4.79 Å². The van der Waals surface area contributed by atoms with Gasteiger partial charge in [-0.15, -0.1) is 16.8 Å². The summed E-state index contributed by atoms with van der Waals surface area (Å²) in [5, 5.41) is 12.8. The van der Waals surface area contributed by atoms with Gasteiger partial charge in [0.2, 0.25) is 5.91 Å². The number of thioether (sulfide) groups is 1. The second-order valence-electron chi connectivity index (χ2n) is 5.73. The van der Waals surface area contributed by atoms with Gasteiger partial charge >= 0.3 is 0 Å². The van der Waals surface area contributed by atoms with Gasteiger partial charge in [0.15, 0.2) is 11.0 Å². The molecule has 0 unspecified atom stereocenters. The Kier molecular flexibility index (Phi) is 6.68. The molecule has 7 heteroatoms. The standard InChI is InChI=1S/C20H19ClN4OS/c1-2-12-25-19(15-7-4-3-5-8-15)23-24-20(25)27-13-11-18(26)22-17-10-6-9-16(21)14-17/h2-10,14H,1,11-13H2,(H,22,26). The molecule has 0 aliphatic rings. The summed E-state index contributed by atoms with van der Waals surface area (Å²) in [6.07, 6.45) is 2.17. The van der Waals surface area contributed by atoms with Crippen LogP contribution in [0.5, 0.6) is 0 Å². The number of carbonyl (C=O) groups excluding carboxylic acids is 1. The second kappa shape index (κ2) is 9.39. The van der Waals surface area contributed by atoms with E-state index in [0.29, 0.717) is 29.4 Å². The Hall–Kier alpha value is -2.57. The van der Waals surface area contributed by atoms with Crippen molar-refractivity contribution in [3.8, 4) is 11.4 Å². The molecule has 0 atom stereocenters. The first-order chi connectivity index (χ1) is 13.2. The first-order valence-corrected chi connectivity index (χ1v) is 9.81. The number of nitrogens with one attached hydrogen (secondary N) is 1. The van der Waals surface area contributed by atoms with Gasteiger partial charge in [-0.25, -0.2) is 0 Å². The summed E-state index contributed by atoms with van der Waals surface area (Å²) in [6.45, 7) is 4.42. The molecule has 3 aromatic rings. The van der Waals surface area contributed by atoms with Crippen LogP contribution in [-0.4, -0.2) is 26.4 Å². The summed E-state index contributed by atoms with van der Waals surface area (Å²) in [5.74, 6) is 1.32. The number of benzene rings is 2. The highest BCUT2D eigenvalue weighted by atomic mass is 35.5. The summed E-state index contributed by atoms with van der Waals surface area (Å²) < 4.78 is 2.00. The predicted octanol–water partition coefficient (Wildman–Crippen LogP) is 4.91. The van der Waals surface area contributed by atoms with E-state index in [-0.39, 0.29) is 5.91 Å². The zero-order chi connectivity index (χ0) is 19.1. The van der Waals surface area contributed by atoms with Crippen molar-refractivity contribution >= 4 is 35.0 Å². The minimum absolute atomic E-state index is 0.0668. The van der Waals surface area contributed by atoms with Crippen molar-refractivity contribution in [2.75, 3.05) is 11.1 Å². The molecule has 2 aromatic carbocycles. The summed E-state index contributed by atoms with van der Waals surface area (Å²) in [4.78, 5) is 12.1. The predicted molar refractivity (Wildman–Crippen MR) is 111 cm³/mol. The van der Waals surface area contributed by atoms with E-state index in [2.05, 4.69) is 22.1 Å². The number of rotatable bonds is 8. The Balaban J connectivity index is 1.61. The Bertz CT molecular complexity index is 927. The number of nitrogens with zero attached hydrogens (tertiary/aromatic N) is 3. The molecule has 1 amide bonds. The van der Waals surface area contributed by atoms with Crippen molar-refractivity contribution in [3.63, 3.8) is 0 Å². The Morgan fingerprint density at radius 3 is 2.74 bits per heavy atom. The summed E-state index contributed by atoms with van der Waals surface area (Å²) in [5.41, 5.74) is 1.69. The summed E-state index contributed by atoms with van der Waals surface area (Å²) in [7, 11) is 0. The number of hydrogen-bond acceptors (Lipinski definition) is 4. The Morgan fingerprint density at radius 1 is 1.19 bits per heavy atom. The summed E-state index contributed by atoms with van der Waals surface area (Å²) in [6, 6.07) is 17.0. The lowest BCUT2D eigenvalue weighted by molar-refractivity contribution is -0.115. The number of hydrogen-bond donors (Lipinski definition) is 1. The molecule has 0 radical (unpaired) electrons. The second-order valence-corrected chi connectivity index (χ2v) is 7.23. The highest BCUT2D eigenvalue weighted by Crippen LogP contribution is 2.24. The molecular formula is C20H19ClN4OS. The maximum absolute atomic E-state index is 12.1. The third kappa shape index (κ3) is 5.21. The van der Waals surface area contributed by atoms with Gasteiger partial charge in [0.05, 0.1) is 0 Å². The van der Waals surface area contributed by atoms with Crippen molar-refractivity contribution in [2.45, 2.75) is 18.1 Å². The number of carbonyl (C=O) groups is 1. The number of aromatic nitrogens is 3. The molecule has 0 bridgehead atoms. The zero-order valence-electron chi connectivity index (χ0n) is 14.6. The average molecular weight is 399 g/mol. The van der Waals surface area contributed by atoms with Crippen LogP contribution in [0.3, 0.4) is 0 Å². The van der Waals surface area contributed by atoms with Gasteiger partial charge in [-0.05, 0) is 18.2 Å². The first-order valence-electron chi connectivity index (χ1n) is 8.45. The van der Waals surface area contributed by atoms with Crippen LogP contribution >= 0.6 is 23.4 Å². The van der Waals surface area contributed by atoms with E-state index in [1.807, 2.05) is 47.0 Å². The molecule has 1 aromatic heterocycles. The minimum atomic E-state index is -0.0668. The maximum Gasteiger partial charge on any atom is 0.225 e. The molecule has 5 nitrogen and oxygen atoms in total. The van der Waals surface area contributed by atoms with E-state index >= 15 is 0 Å². The van der Waals surface area contributed by atoms with Crippen LogP contribution in [0.1, 0.15) is 6.42 Å². The fraction of sp³-hybridized carbons (Fsp3) is 0.150. The fourth-order valence-electron chi connectivity index (χ4n) is 2.51. The van der Waals surface area contributed by atoms with Crippen LogP contribution in [-0.2, 0) is 11.3 Å². The van der Waals surface area contributed by atoms with E-state index in [1.165, 1.54) is 11.8 Å². The fourth-order valence-corrected chi connectivity index (χ4v) is 3.59. The quantitative estimate of drug-likeness (QED) is 0.432. The lowest BCUT2D eigenvalue weighted by Crippen LogP contribution is -2.12. The maximum atomic E-state index is 12.1. The van der Waals surface area contributed by atoms with Crippen LogP contribution in [0.25, 0.3) is 11.4 Å². The SMILES string of the molecule is C=CCn1c(SCCC(=O)Nc2cccc(Cl)c2)nnc1-c1ccccc1. The molecule has 0 spiro atoms. The number of amides is 1. The van der Waals surface area contributed by atoms with Gasteiger partial charge in [0, 0.05) is 35.0 Å². The highest BCUT2D eigenvalue weighted by molar-refractivity contribution is 7.99. The smallest absolute Gasteiger partial charge is 0.225 e. The number of halogens is 1. The van der Waals surface area contributed by atoms with Gasteiger partial charge in [-0.1, -0.05) is 65.8 Å². The Labute approximate surface area is 167 Å². The highest BCUT2D eigenvalue weighted by Gasteiger charge is 2.14. The molecule has 0 saturated carbocycles. The van der Waals surface area contributed by atoms with Crippen molar-refractivity contribution < 1.29 is 4.79 Å². The van der Waals surface area contributed by atoms with Gasteiger partial charge in [0.25, 0.3) is 0 Å². The number of allylic oxidation sites excluding steroid dienone is 1. The molecule has 0 saturated heterocycles. The largest absolute Gasteiger partial charge is 0.326 e. The molecule has 1 heterocycles. The van der Waals surface area contributed by atoms with Gasteiger partial charge < -0.3 is 5.32 Å². The number of anilines is 1. The van der Waals surface area contributed by atoms with Crippen molar-refractivity contribution in [1.82, 2.24) is 14.8 Å². The molecule has 0 aliphatic carbocycles. The molecule has 0 aliphatic heterocycles. The first kappa shape index (κ1) is 19.2. The van der Waals surface area contributed by atoms with E-state index in [4.69, 9.17) is 11.6 Å². The molecule has 27 heavy (non-hydrogen) atoms. The monoisotopic (exact) mass is 398 g/mol. The van der Waals surface area contributed by atoms with E-state index in [0.717, 1.165) is 16.5 Å². The van der Waals surface area contributed by atoms with Crippen molar-refractivity contribution in [1.29, 1.82) is 0 Å². The average Bonchev–Trinajstić information content (AvgIpc) is 3.05. The Morgan fingerprint density at radius 2 is 2.00 bits per heavy atom. The minimum Gasteiger partial charge on any atom is -0.326 e. The lowest BCUT2D eigenvalue weighted by Gasteiger charge is -2.08. The molecule has 138 valence electrons. The normalized spacial score (nSPS) is 10.6. The van der Waals surface area contributed by atoms with Gasteiger partial charge in [-0.3, -0.25) is 9.36 Å². The zero-order valence-corrected chi connectivity index (χ0v) is 16.2. The van der Waals surface area contributed by atoms with Crippen LogP contribution < -0.4 is 5.32 Å². The molecule has 3 rings (SSSR count). The van der Waals surface area contributed by atoms with E-state index < -0.39 is 0 Å².